The smallest absolute Gasteiger partial charge is 0.141 e. The highest BCUT2D eigenvalue weighted by molar-refractivity contribution is 4.92. The van der Waals surface area contributed by atoms with Gasteiger partial charge in [-0.15, -0.1) is 0 Å². The third-order valence-corrected chi connectivity index (χ3v) is 2.69. The van der Waals surface area contributed by atoms with Crippen molar-refractivity contribution in [2.24, 2.45) is 5.92 Å². The fraction of sp³-hybridized carbons (Fsp3) is 0.778. The van der Waals surface area contributed by atoms with Crippen molar-refractivity contribution in [2.75, 3.05) is 0 Å². The summed E-state index contributed by atoms with van der Waals surface area (Å²) in [5.41, 5.74) is 0. The molecule has 4 heteroatoms. The van der Waals surface area contributed by atoms with Crippen molar-refractivity contribution in [1.29, 1.82) is 0 Å². The predicted octanol–water partition coefficient (Wildman–Crippen LogP) is 1.25. The molecule has 1 fully saturated rings. The number of aromatic amines is 1. The predicted molar refractivity (Wildman–Crippen MR) is 50.1 cm³/mol. The van der Waals surface area contributed by atoms with Crippen molar-refractivity contribution in [3.63, 3.8) is 0 Å². The summed E-state index contributed by atoms with van der Waals surface area (Å²) in [6, 6.07) is 0.873. The molecule has 0 radical (unpaired) electrons. The number of nitrogens with one attached hydrogen (secondary N) is 2. The van der Waals surface area contributed by atoms with Crippen LogP contribution in [-0.2, 0) is 0 Å². The van der Waals surface area contributed by atoms with Crippen molar-refractivity contribution in [3.05, 3.63) is 12.2 Å². The van der Waals surface area contributed by atoms with Gasteiger partial charge in [-0.25, -0.2) is 4.98 Å². The maximum Gasteiger partial charge on any atom is 0.141 e. The molecule has 2 N–H and O–H groups in total. The molecule has 2 unspecified atom stereocenters. The van der Waals surface area contributed by atoms with Crippen molar-refractivity contribution < 1.29 is 0 Å². The summed E-state index contributed by atoms with van der Waals surface area (Å²) in [7, 11) is 0. The molecule has 0 bridgehead atoms. The van der Waals surface area contributed by atoms with E-state index >= 15 is 0 Å². The zero-order valence-corrected chi connectivity index (χ0v) is 8.12. The third kappa shape index (κ3) is 2.06. The van der Waals surface area contributed by atoms with E-state index in [9.17, 15) is 0 Å². The lowest BCUT2D eigenvalue weighted by Crippen LogP contribution is -2.31. The fourth-order valence-electron chi connectivity index (χ4n) is 1.63. The minimum absolute atomic E-state index is 0.276. The molecule has 1 aromatic rings. The number of rotatable bonds is 4. The van der Waals surface area contributed by atoms with Gasteiger partial charge in [0.15, 0.2) is 0 Å². The van der Waals surface area contributed by atoms with E-state index in [-0.39, 0.29) is 6.04 Å². The summed E-state index contributed by atoms with van der Waals surface area (Å²) >= 11 is 0. The van der Waals surface area contributed by atoms with Gasteiger partial charge in [-0.2, -0.15) is 5.10 Å². The molecule has 0 amide bonds. The monoisotopic (exact) mass is 180 g/mol. The van der Waals surface area contributed by atoms with Crippen molar-refractivity contribution in [3.8, 4) is 0 Å². The van der Waals surface area contributed by atoms with E-state index in [1.54, 1.807) is 6.33 Å². The summed E-state index contributed by atoms with van der Waals surface area (Å²) in [5.74, 6) is 1.80. The van der Waals surface area contributed by atoms with Crippen LogP contribution in [0.1, 0.15) is 38.6 Å². The normalized spacial score (nSPS) is 21.4. The molecule has 72 valence electrons. The average Bonchev–Trinajstić information content (AvgIpc) is 2.81. The summed E-state index contributed by atoms with van der Waals surface area (Å²) in [4.78, 5) is 4.12. The van der Waals surface area contributed by atoms with Gasteiger partial charge in [0.1, 0.15) is 12.2 Å². The van der Waals surface area contributed by atoms with Crippen LogP contribution < -0.4 is 5.32 Å². The summed E-state index contributed by atoms with van der Waals surface area (Å²) < 4.78 is 0. The number of hydrogen-bond acceptors (Lipinski definition) is 3. The molecule has 0 saturated heterocycles. The number of H-pyrrole nitrogens is 1. The van der Waals surface area contributed by atoms with Crippen molar-refractivity contribution in [1.82, 2.24) is 20.5 Å². The van der Waals surface area contributed by atoms with Crippen LogP contribution in [0, 0.1) is 5.92 Å². The lowest BCUT2D eigenvalue weighted by atomic mass is 10.2. The van der Waals surface area contributed by atoms with Crippen LogP contribution in [0.5, 0.6) is 0 Å². The van der Waals surface area contributed by atoms with Crippen LogP contribution in [0.2, 0.25) is 0 Å². The van der Waals surface area contributed by atoms with Crippen molar-refractivity contribution in [2.45, 2.75) is 38.8 Å². The minimum Gasteiger partial charge on any atom is -0.305 e. The molecule has 2 rings (SSSR count). The van der Waals surface area contributed by atoms with Gasteiger partial charge in [0.25, 0.3) is 0 Å². The van der Waals surface area contributed by atoms with Gasteiger partial charge in [0.2, 0.25) is 0 Å². The van der Waals surface area contributed by atoms with Gasteiger partial charge in [-0.05, 0) is 32.6 Å². The maximum absolute atomic E-state index is 4.12. The summed E-state index contributed by atoms with van der Waals surface area (Å²) in [6.45, 7) is 4.35. The standard InChI is InChI=1S/C9H16N4/c1-6(8-3-4-8)12-7(2)9-10-5-11-13-9/h5-8,12H,3-4H2,1-2H3,(H,10,11,13). The third-order valence-electron chi connectivity index (χ3n) is 2.69. The van der Waals surface area contributed by atoms with E-state index in [0.717, 1.165) is 11.7 Å². The molecular formula is C9H16N4. The molecule has 1 heterocycles. The zero-order valence-electron chi connectivity index (χ0n) is 8.12. The molecule has 1 aliphatic carbocycles. The first-order valence-corrected chi connectivity index (χ1v) is 4.88. The summed E-state index contributed by atoms with van der Waals surface area (Å²) in [6.07, 6.45) is 4.30. The Hall–Kier alpha value is -0.900. The van der Waals surface area contributed by atoms with Gasteiger partial charge < -0.3 is 5.32 Å². The lowest BCUT2D eigenvalue weighted by Gasteiger charge is -2.17. The first-order valence-electron chi connectivity index (χ1n) is 4.88. The lowest BCUT2D eigenvalue weighted by molar-refractivity contribution is 0.430. The number of nitrogens with zero attached hydrogens (tertiary/aromatic N) is 2. The van der Waals surface area contributed by atoms with E-state index in [1.807, 2.05) is 0 Å². The van der Waals surface area contributed by atoms with Gasteiger partial charge in [-0.1, -0.05) is 0 Å². The Morgan fingerprint density at radius 3 is 2.85 bits per heavy atom. The van der Waals surface area contributed by atoms with Gasteiger partial charge in [-0.3, -0.25) is 5.10 Å². The van der Waals surface area contributed by atoms with E-state index in [1.165, 1.54) is 12.8 Å². The van der Waals surface area contributed by atoms with Crippen LogP contribution in [0.15, 0.2) is 6.33 Å². The molecular weight excluding hydrogens is 164 g/mol. The van der Waals surface area contributed by atoms with Crippen LogP contribution in [0.25, 0.3) is 0 Å². The maximum atomic E-state index is 4.12. The molecule has 1 aromatic heterocycles. The highest BCUT2D eigenvalue weighted by Gasteiger charge is 2.28. The van der Waals surface area contributed by atoms with E-state index in [2.05, 4.69) is 34.3 Å². The second-order valence-corrected chi connectivity index (χ2v) is 3.89. The van der Waals surface area contributed by atoms with E-state index in [0.29, 0.717) is 6.04 Å². The number of hydrogen-bond donors (Lipinski definition) is 2. The summed E-state index contributed by atoms with van der Waals surface area (Å²) in [5, 5.41) is 10.2. The largest absolute Gasteiger partial charge is 0.305 e. The van der Waals surface area contributed by atoms with Gasteiger partial charge in [0, 0.05) is 6.04 Å². The first-order chi connectivity index (χ1) is 6.27. The second-order valence-electron chi connectivity index (χ2n) is 3.89. The van der Waals surface area contributed by atoms with Crippen molar-refractivity contribution >= 4 is 0 Å². The highest BCUT2D eigenvalue weighted by Crippen LogP contribution is 2.33. The molecule has 0 spiro atoms. The highest BCUT2D eigenvalue weighted by atomic mass is 15.2. The van der Waals surface area contributed by atoms with Crippen LogP contribution >= 0.6 is 0 Å². The SMILES string of the molecule is CC(NC(C)C1CC1)c1ncn[nH]1. The molecule has 0 aliphatic heterocycles. The average molecular weight is 180 g/mol. The van der Waals surface area contributed by atoms with Crippen LogP contribution in [0.3, 0.4) is 0 Å². The Labute approximate surface area is 78.1 Å². The Kier molecular flexibility index (Phi) is 2.31. The van der Waals surface area contributed by atoms with Gasteiger partial charge >= 0.3 is 0 Å². The molecule has 1 aliphatic rings. The zero-order chi connectivity index (χ0) is 9.26. The molecule has 0 aromatic carbocycles. The Bertz CT molecular complexity index is 253. The quantitative estimate of drug-likeness (QED) is 0.733. The molecule has 2 atom stereocenters. The van der Waals surface area contributed by atoms with E-state index < -0.39 is 0 Å². The van der Waals surface area contributed by atoms with Gasteiger partial charge in [0.05, 0.1) is 6.04 Å². The molecule has 1 saturated carbocycles. The topological polar surface area (TPSA) is 53.6 Å². The number of aromatic nitrogens is 3. The molecule has 4 nitrogen and oxygen atoms in total. The Balaban J connectivity index is 1.87. The Morgan fingerprint density at radius 2 is 2.31 bits per heavy atom. The Morgan fingerprint density at radius 1 is 1.54 bits per heavy atom. The fourth-order valence-corrected chi connectivity index (χ4v) is 1.63. The molecule has 13 heavy (non-hydrogen) atoms. The first kappa shape index (κ1) is 8.69. The second kappa shape index (κ2) is 3.46. The van der Waals surface area contributed by atoms with Crippen LogP contribution in [-0.4, -0.2) is 21.2 Å². The van der Waals surface area contributed by atoms with Crippen LogP contribution in [0.4, 0.5) is 0 Å². The minimum atomic E-state index is 0.276. The van der Waals surface area contributed by atoms with E-state index in [4.69, 9.17) is 0 Å².